The third-order valence-corrected chi connectivity index (χ3v) is 6.31. The van der Waals surface area contributed by atoms with Crippen LogP contribution in [0.4, 0.5) is 10.1 Å². The van der Waals surface area contributed by atoms with Crippen LogP contribution in [0, 0.1) is 5.82 Å². The molecule has 0 amide bonds. The van der Waals surface area contributed by atoms with Crippen molar-refractivity contribution in [1.82, 2.24) is 10.4 Å². The predicted octanol–water partition coefficient (Wildman–Crippen LogP) is 6.15. The van der Waals surface area contributed by atoms with E-state index in [4.69, 9.17) is 40.5 Å². The Morgan fingerprint density at radius 3 is 2.40 bits per heavy atom. The Morgan fingerprint density at radius 1 is 1.03 bits per heavy atom. The molecule has 2 aromatic carbocycles. The highest BCUT2D eigenvalue weighted by Gasteiger charge is 2.32. The first-order valence-corrected chi connectivity index (χ1v) is 11.3. The molecule has 0 aliphatic carbocycles. The molecule has 1 atom stereocenters. The quantitative estimate of drug-likeness (QED) is 0.549. The Labute approximate surface area is 191 Å². The zero-order valence-corrected chi connectivity index (χ0v) is 18.8. The number of nitrogens with zero attached hydrogens (tertiary/aromatic N) is 3. The Kier molecular flexibility index (Phi) is 6.88. The molecule has 0 saturated carbocycles. The lowest BCUT2D eigenvalue weighted by Crippen LogP contribution is -2.44. The number of hydrogen-bond donors (Lipinski definition) is 1. The predicted molar refractivity (Wildman–Crippen MR) is 126 cm³/mol. The maximum absolute atomic E-state index is 13.5. The number of hydrazine groups is 1. The van der Waals surface area contributed by atoms with Crippen molar-refractivity contribution < 1.29 is 4.39 Å². The lowest BCUT2D eigenvalue weighted by molar-refractivity contribution is 0.248. The molecule has 158 valence electrons. The standard InChI is InChI=1S/C22H23Cl2FN4S/c23-16-7-10-20(18(24)13-16)29-21(15-5-8-17(25)9-6-15)14-19(26-29)22(30)27-28-11-3-1-2-4-12-28/h5-10,13,21H,1-4,11-12,14H2,(H,27,30). The van der Waals surface area contributed by atoms with Gasteiger partial charge in [-0.15, -0.1) is 0 Å². The van der Waals surface area contributed by atoms with Gasteiger partial charge >= 0.3 is 0 Å². The minimum Gasteiger partial charge on any atom is -0.308 e. The summed E-state index contributed by atoms with van der Waals surface area (Å²) < 4.78 is 13.5. The molecule has 0 bridgehead atoms. The van der Waals surface area contributed by atoms with E-state index in [9.17, 15) is 4.39 Å². The van der Waals surface area contributed by atoms with E-state index in [0.717, 1.165) is 42.9 Å². The number of benzene rings is 2. The van der Waals surface area contributed by atoms with Crippen LogP contribution in [0.25, 0.3) is 0 Å². The fraction of sp³-hybridized carbons (Fsp3) is 0.364. The summed E-state index contributed by atoms with van der Waals surface area (Å²) in [5, 5.41) is 9.92. The fourth-order valence-corrected chi connectivity index (χ4v) is 4.62. The van der Waals surface area contributed by atoms with Crippen LogP contribution in [0.3, 0.4) is 0 Å². The van der Waals surface area contributed by atoms with E-state index in [1.165, 1.54) is 25.0 Å². The molecule has 4 rings (SSSR count). The first-order valence-electron chi connectivity index (χ1n) is 10.1. The van der Waals surface area contributed by atoms with E-state index in [-0.39, 0.29) is 11.9 Å². The van der Waals surface area contributed by atoms with Crippen LogP contribution >= 0.6 is 35.4 Å². The zero-order chi connectivity index (χ0) is 21.1. The largest absolute Gasteiger partial charge is 0.308 e. The van der Waals surface area contributed by atoms with Gasteiger partial charge in [-0.25, -0.2) is 9.40 Å². The monoisotopic (exact) mass is 464 g/mol. The van der Waals surface area contributed by atoms with Crippen LogP contribution in [0.2, 0.25) is 10.0 Å². The van der Waals surface area contributed by atoms with E-state index in [0.29, 0.717) is 21.5 Å². The van der Waals surface area contributed by atoms with Crippen molar-refractivity contribution in [2.45, 2.75) is 38.1 Å². The third kappa shape index (κ3) is 4.94. The molecular formula is C22H23Cl2FN4S. The van der Waals surface area contributed by atoms with Crippen LogP contribution in [0.1, 0.15) is 43.7 Å². The number of hydrogen-bond acceptors (Lipinski definition) is 4. The molecule has 2 aromatic rings. The minimum absolute atomic E-state index is 0.136. The summed E-state index contributed by atoms with van der Waals surface area (Å²) in [7, 11) is 0. The smallest absolute Gasteiger partial charge is 0.137 e. The van der Waals surface area contributed by atoms with Crippen LogP contribution in [0.15, 0.2) is 47.6 Å². The van der Waals surface area contributed by atoms with Gasteiger partial charge in [0.25, 0.3) is 0 Å². The maximum Gasteiger partial charge on any atom is 0.137 e. The molecule has 1 saturated heterocycles. The first-order chi connectivity index (χ1) is 14.5. The lowest BCUT2D eigenvalue weighted by Gasteiger charge is -2.25. The van der Waals surface area contributed by atoms with Gasteiger partial charge in [-0.1, -0.05) is 60.4 Å². The number of nitrogens with one attached hydrogen (secondary N) is 1. The van der Waals surface area contributed by atoms with E-state index in [1.54, 1.807) is 24.3 Å². The molecule has 1 unspecified atom stereocenters. The van der Waals surface area contributed by atoms with Gasteiger partial charge in [0, 0.05) is 24.5 Å². The van der Waals surface area contributed by atoms with Gasteiger partial charge in [0.15, 0.2) is 0 Å². The molecule has 1 fully saturated rings. The highest BCUT2D eigenvalue weighted by molar-refractivity contribution is 7.82. The molecule has 0 spiro atoms. The zero-order valence-electron chi connectivity index (χ0n) is 16.5. The Balaban J connectivity index is 1.61. The molecule has 0 aromatic heterocycles. The second-order valence-electron chi connectivity index (χ2n) is 7.60. The molecule has 0 radical (unpaired) electrons. The van der Waals surface area contributed by atoms with E-state index in [1.807, 2.05) is 11.1 Å². The number of thiocarbonyl (C=S) groups is 1. The third-order valence-electron chi connectivity index (χ3n) is 5.45. The maximum atomic E-state index is 13.5. The van der Waals surface area contributed by atoms with Crippen LogP contribution < -0.4 is 10.4 Å². The number of hydrazone groups is 1. The van der Waals surface area contributed by atoms with Crippen molar-refractivity contribution >= 4 is 51.8 Å². The summed E-state index contributed by atoms with van der Waals surface area (Å²) in [6, 6.07) is 11.7. The second-order valence-corrected chi connectivity index (χ2v) is 8.85. The molecule has 2 heterocycles. The van der Waals surface area contributed by atoms with Gasteiger partial charge in [0.05, 0.1) is 22.5 Å². The summed E-state index contributed by atoms with van der Waals surface area (Å²) in [5.74, 6) is -0.271. The lowest BCUT2D eigenvalue weighted by atomic mass is 10.0. The van der Waals surface area contributed by atoms with Gasteiger partial charge < -0.3 is 5.43 Å². The van der Waals surface area contributed by atoms with Gasteiger partial charge in [0.2, 0.25) is 0 Å². The molecule has 30 heavy (non-hydrogen) atoms. The molecule has 2 aliphatic heterocycles. The number of anilines is 1. The van der Waals surface area contributed by atoms with Crippen molar-refractivity contribution in [3.05, 3.63) is 63.9 Å². The molecule has 4 nitrogen and oxygen atoms in total. The van der Waals surface area contributed by atoms with Crippen LogP contribution in [-0.4, -0.2) is 28.8 Å². The summed E-state index contributed by atoms with van der Waals surface area (Å²) in [5.41, 5.74) is 5.84. The van der Waals surface area contributed by atoms with Gasteiger partial charge in [0.1, 0.15) is 10.8 Å². The summed E-state index contributed by atoms with van der Waals surface area (Å²) >= 11 is 18.2. The molecule has 1 N–H and O–H groups in total. The summed E-state index contributed by atoms with van der Waals surface area (Å²) in [6.45, 7) is 1.95. The topological polar surface area (TPSA) is 30.9 Å². The molecule has 8 heteroatoms. The molecule has 2 aliphatic rings. The normalized spacial score (nSPS) is 20.0. The molecular weight excluding hydrogens is 442 g/mol. The highest BCUT2D eigenvalue weighted by atomic mass is 35.5. The van der Waals surface area contributed by atoms with Gasteiger partial charge in [-0.2, -0.15) is 5.10 Å². The Hall–Kier alpha value is -1.73. The van der Waals surface area contributed by atoms with Crippen molar-refractivity contribution in [2.75, 3.05) is 18.1 Å². The minimum atomic E-state index is -0.271. The first kappa shape index (κ1) is 21.5. The average Bonchev–Trinajstić information content (AvgIpc) is 3.00. The average molecular weight is 465 g/mol. The summed E-state index contributed by atoms with van der Waals surface area (Å²) in [6.07, 6.45) is 5.42. The van der Waals surface area contributed by atoms with E-state index in [2.05, 4.69) is 10.4 Å². The number of halogens is 3. The highest BCUT2D eigenvalue weighted by Crippen LogP contribution is 2.39. The fourth-order valence-electron chi connectivity index (χ4n) is 3.87. The number of rotatable bonds is 4. The van der Waals surface area contributed by atoms with Gasteiger partial charge in [-0.05, 0) is 48.7 Å². The SMILES string of the molecule is Fc1ccc(C2CC(C(=S)NN3CCCCCC3)=NN2c2ccc(Cl)cc2Cl)cc1. The van der Waals surface area contributed by atoms with Crippen molar-refractivity contribution in [1.29, 1.82) is 0 Å². The van der Waals surface area contributed by atoms with Crippen LogP contribution in [0.5, 0.6) is 0 Å². The van der Waals surface area contributed by atoms with E-state index >= 15 is 0 Å². The summed E-state index contributed by atoms with van der Waals surface area (Å²) in [4.78, 5) is 0.622. The van der Waals surface area contributed by atoms with Crippen molar-refractivity contribution in [3.63, 3.8) is 0 Å². The van der Waals surface area contributed by atoms with Gasteiger partial charge in [-0.3, -0.25) is 5.01 Å². The van der Waals surface area contributed by atoms with Crippen LogP contribution in [-0.2, 0) is 0 Å². The second kappa shape index (κ2) is 9.60. The van der Waals surface area contributed by atoms with Crippen molar-refractivity contribution in [2.24, 2.45) is 5.10 Å². The Morgan fingerprint density at radius 2 is 1.73 bits per heavy atom. The van der Waals surface area contributed by atoms with E-state index < -0.39 is 0 Å². The van der Waals surface area contributed by atoms with Crippen molar-refractivity contribution in [3.8, 4) is 0 Å². The Bertz CT molecular complexity index is 943.